The van der Waals surface area contributed by atoms with Crippen molar-refractivity contribution in [1.82, 2.24) is 0 Å². The van der Waals surface area contributed by atoms with E-state index in [9.17, 15) is 4.79 Å². The Labute approximate surface area is 123 Å². The number of carbonyl (C=O) groups excluding carboxylic acids is 1. The first-order valence-corrected chi connectivity index (χ1v) is 8.34. The van der Waals surface area contributed by atoms with Crippen LogP contribution < -0.4 is 0 Å². The summed E-state index contributed by atoms with van der Waals surface area (Å²) < 4.78 is 0. The van der Waals surface area contributed by atoms with Gasteiger partial charge in [0.15, 0.2) is 5.78 Å². The molecule has 0 saturated heterocycles. The van der Waals surface area contributed by atoms with Gasteiger partial charge in [-0.25, -0.2) is 0 Å². The van der Waals surface area contributed by atoms with Gasteiger partial charge < -0.3 is 0 Å². The van der Waals surface area contributed by atoms with Crippen LogP contribution in [0.1, 0.15) is 87.1 Å². The Morgan fingerprint density at radius 1 is 1.10 bits per heavy atom. The minimum Gasteiger partial charge on any atom is -0.294 e. The zero-order chi connectivity index (χ0) is 14.4. The van der Waals surface area contributed by atoms with Gasteiger partial charge in [-0.1, -0.05) is 76.6 Å². The van der Waals surface area contributed by atoms with Gasteiger partial charge in [0.05, 0.1) is 0 Å². The summed E-state index contributed by atoms with van der Waals surface area (Å²) in [5.74, 6) is 1.55. The van der Waals surface area contributed by atoms with Gasteiger partial charge in [0.2, 0.25) is 0 Å². The van der Waals surface area contributed by atoms with E-state index in [4.69, 9.17) is 0 Å². The van der Waals surface area contributed by atoms with Crippen molar-refractivity contribution in [3.05, 3.63) is 35.4 Å². The van der Waals surface area contributed by atoms with Crippen molar-refractivity contribution in [2.45, 2.75) is 71.1 Å². The van der Waals surface area contributed by atoms with Crippen molar-refractivity contribution in [3.63, 3.8) is 0 Å². The summed E-state index contributed by atoms with van der Waals surface area (Å²) in [6.45, 7) is 4.44. The molecule has 0 heterocycles. The van der Waals surface area contributed by atoms with E-state index in [0.717, 1.165) is 18.4 Å². The van der Waals surface area contributed by atoms with E-state index in [-0.39, 0.29) is 0 Å². The minimum absolute atomic E-state index is 0.340. The van der Waals surface area contributed by atoms with Crippen LogP contribution in [0.5, 0.6) is 0 Å². The molecule has 0 bridgehead atoms. The summed E-state index contributed by atoms with van der Waals surface area (Å²) in [5, 5.41) is 0. The molecule has 0 radical (unpaired) electrons. The molecule has 1 fully saturated rings. The number of ketones is 1. The Balaban J connectivity index is 1.94. The van der Waals surface area contributed by atoms with Gasteiger partial charge >= 0.3 is 0 Å². The highest BCUT2D eigenvalue weighted by atomic mass is 16.1. The first kappa shape index (κ1) is 15.3. The molecule has 1 atom stereocenters. The predicted octanol–water partition coefficient (Wildman–Crippen LogP) is 5.74. The predicted molar refractivity (Wildman–Crippen MR) is 85.3 cm³/mol. The first-order valence-electron chi connectivity index (χ1n) is 8.34. The van der Waals surface area contributed by atoms with E-state index >= 15 is 0 Å². The van der Waals surface area contributed by atoms with Crippen LogP contribution in [0.2, 0.25) is 0 Å². The van der Waals surface area contributed by atoms with Gasteiger partial charge in [-0.15, -0.1) is 0 Å². The fourth-order valence-corrected chi connectivity index (χ4v) is 3.18. The topological polar surface area (TPSA) is 17.1 Å². The highest BCUT2D eigenvalue weighted by molar-refractivity contribution is 5.96. The molecule has 20 heavy (non-hydrogen) atoms. The number of hydrogen-bond donors (Lipinski definition) is 0. The molecular formula is C19H28O. The third-order valence-electron chi connectivity index (χ3n) is 4.86. The Bertz CT molecular complexity index is 410. The number of rotatable bonds is 5. The minimum atomic E-state index is 0.340. The number of hydrogen-bond acceptors (Lipinski definition) is 1. The second-order valence-corrected chi connectivity index (χ2v) is 6.42. The quantitative estimate of drug-likeness (QED) is 0.493. The van der Waals surface area contributed by atoms with E-state index in [2.05, 4.69) is 26.0 Å². The van der Waals surface area contributed by atoms with Gasteiger partial charge in [0, 0.05) is 12.0 Å². The Hall–Kier alpha value is -1.11. The van der Waals surface area contributed by atoms with Gasteiger partial charge in [-0.05, 0) is 23.8 Å². The fraction of sp³-hybridized carbons (Fsp3) is 0.632. The third kappa shape index (κ3) is 4.19. The molecule has 1 aromatic rings. The molecule has 1 aromatic carbocycles. The molecule has 0 spiro atoms. The molecule has 1 aliphatic rings. The SMILES string of the molecule is CCC(C)c1ccc(C(=O)CC2CCCCCC2)cc1. The summed E-state index contributed by atoms with van der Waals surface area (Å²) in [6.07, 6.45) is 9.73. The van der Waals surface area contributed by atoms with Crippen molar-refractivity contribution >= 4 is 5.78 Å². The molecule has 0 N–H and O–H groups in total. The van der Waals surface area contributed by atoms with E-state index in [0.29, 0.717) is 17.6 Å². The second-order valence-electron chi connectivity index (χ2n) is 6.42. The molecule has 0 aromatic heterocycles. The summed E-state index contributed by atoms with van der Waals surface area (Å²) >= 11 is 0. The molecule has 1 saturated carbocycles. The fourth-order valence-electron chi connectivity index (χ4n) is 3.18. The number of benzene rings is 1. The van der Waals surface area contributed by atoms with Gasteiger partial charge in [0.1, 0.15) is 0 Å². The summed E-state index contributed by atoms with van der Waals surface area (Å²) in [4.78, 5) is 12.4. The van der Waals surface area contributed by atoms with E-state index in [1.807, 2.05) is 12.1 Å². The van der Waals surface area contributed by atoms with Crippen LogP contribution >= 0.6 is 0 Å². The average Bonchev–Trinajstić information content (AvgIpc) is 2.75. The molecule has 0 aliphatic heterocycles. The van der Waals surface area contributed by atoms with Crippen LogP contribution in [0.4, 0.5) is 0 Å². The normalized spacial score (nSPS) is 18.5. The molecule has 0 amide bonds. The van der Waals surface area contributed by atoms with Crippen molar-refractivity contribution in [2.24, 2.45) is 5.92 Å². The molecule has 1 heteroatoms. The van der Waals surface area contributed by atoms with Crippen LogP contribution in [0, 0.1) is 5.92 Å². The van der Waals surface area contributed by atoms with Crippen LogP contribution in [-0.2, 0) is 0 Å². The largest absolute Gasteiger partial charge is 0.294 e. The maximum atomic E-state index is 12.4. The highest BCUT2D eigenvalue weighted by Crippen LogP contribution is 2.27. The molecule has 1 aliphatic carbocycles. The zero-order valence-corrected chi connectivity index (χ0v) is 13.0. The van der Waals surface area contributed by atoms with E-state index in [1.165, 1.54) is 44.1 Å². The lowest BCUT2D eigenvalue weighted by Gasteiger charge is -2.13. The second kappa shape index (κ2) is 7.61. The van der Waals surface area contributed by atoms with Crippen molar-refractivity contribution < 1.29 is 4.79 Å². The van der Waals surface area contributed by atoms with Gasteiger partial charge in [-0.3, -0.25) is 4.79 Å². The van der Waals surface area contributed by atoms with E-state index < -0.39 is 0 Å². The number of Topliss-reactive ketones (excluding diaryl/α,β-unsaturated/α-hetero) is 1. The van der Waals surface area contributed by atoms with Crippen molar-refractivity contribution in [3.8, 4) is 0 Å². The lowest BCUT2D eigenvalue weighted by atomic mass is 9.91. The lowest BCUT2D eigenvalue weighted by Crippen LogP contribution is -2.08. The van der Waals surface area contributed by atoms with Crippen molar-refractivity contribution in [1.29, 1.82) is 0 Å². The summed E-state index contributed by atoms with van der Waals surface area (Å²) in [5.41, 5.74) is 2.25. The monoisotopic (exact) mass is 272 g/mol. The van der Waals surface area contributed by atoms with Gasteiger partial charge in [0.25, 0.3) is 0 Å². The zero-order valence-electron chi connectivity index (χ0n) is 13.0. The van der Waals surface area contributed by atoms with Crippen molar-refractivity contribution in [2.75, 3.05) is 0 Å². The maximum absolute atomic E-state index is 12.4. The van der Waals surface area contributed by atoms with Crippen LogP contribution in [0.3, 0.4) is 0 Å². The average molecular weight is 272 g/mol. The van der Waals surface area contributed by atoms with Crippen LogP contribution in [-0.4, -0.2) is 5.78 Å². The smallest absolute Gasteiger partial charge is 0.163 e. The lowest BCUT2D eigenvalue weighted by molar-refractivity contribution is 0.0957. The molecular weight excluding hydrogens is 244 g/mol. The standard InChI is InChI=1S/C19H28O/c1-3-15(2)17-10-12-18(13-11-17)19(20)14-16-8-6-4-5-7-9-16/h10-13,15-16H,3-9,14H2,1-2H3. The van der Waals surface area contributed by atoms with Gasteiger partial charge in [-0.2, -0.15) is 0 Å². The van der Waals surface area contributed by atoms with Crippen LogP contribution in [0.25, 0.3) is 0 Å². The molecule has 2 rings (SSSR count). The Kier molecular flexibility index (Phi) is 5.82. The third-order valence-corrected chi connectivity index (χ3v) is 4.86. The first-order chi connectivity index (χ1) is 9.70. The summed E-state index contributed by atoms with van der Waals surface area (Å²) in [7, 11) is 0. The number of carbonyl (C=O) groups is 1. The molecule has 110 valence electrons. The Morgan fingerprint density at radius 2 is 1.70 bits per heavy atom. The van der Waals surface area contributed by atoms with Crippen LogP contribution in [0.15, 0.2) is 24.3 Å². The highest BCUT2D eigenvalue weighted by Gasteiger charge is 2.17. The molecule has 1 nitrogen and oxygen atoms in total. The van der Waals surface area contributed by atoms with E-state index in [1.54, 1.807) is 0 Å². The Morgan fingerprint density at radius 3 is 2.25 bits per heavy atom. The molecule has 1 unspecified atom stereocenters. The maximum Gasteiger partial charge on any atom is 0.163 e. The summed E-state index contributed by atoms with van der Waals surface area (Å²) in [6, 6.07) is 8.32.